The molecule has 0 saturated heterocycles. The van der Waals surface area contributed by atoms with E-state index >= 15 is 0 Å². The minimum atomic E-state index is -1.17. The second-order valence-electron chi connectivity index (χ2n) is 7.72. The predicted molar refractivity (Wildman–Crippen MR) is 129 cm³/mol. The summed E-state index contributed by atoms with van der Waals surface area (Å²) in [5.41, 5.74) is 13.4. The van der Waals surface area contributed by atoms with Gasteiger partial charge in [-0.2, -0.15) is 4.37 Å². The molecular formula is C23H27N5O5S. The molecule has 5 N–H and O–H groups in total. The monoisotopic (exact) mass is 485 g/mol. The smallest absolute Gasteiger partial charge is 0.273 e. The molecule has 1 aromatic carbocycles. The van der Waals surface area contributed by atoms with Gasteiger partial charge < -0.3 is 25.9 Å². The van der Waals surface area contributed by atoms with E-state index in [1.54, 1.807) is 31.2 Å². The molecule has 0 aliphatic heterocycles. The number of nitrogens with two attached hydrogens (primary N) is 2. The maximum atomic E-state index is 13.9. The summed E-state index contributed by atoms with van der Waals surface area (Å²) in [4.78, 5) is 40.2. The molecule has 3 amide bonds. The van der Waals surface area contributed by atoms with E-state index in [1.807, 2.05) is 19.9 Å². The van der Waals surface area contributed by atoms with Gasteiger partial charge in [0.1, 0.15) is 16.4 Å². The molecule has 3 aromatic rings. The summed E-state index contributed by atoms with van der Waals surface area (Å²) in [6.07, 6.45) is 0. The maximum Gasteiger partial charge on any atom is 0.273 e. The Kier molecular flexibility index (Phi) is 7.69. The van der Waals surface area contributed by atoms with E-state index in [2.05, 4.69) is 9.69 Å². The van der Waals surface area contributed by atoms with E-state index in [0.29, 0.717) is 11.4 Å². The lowest BCUT2D eigenvalue weighted by molar-refractivity contribution is -0.123. The fourth-order valence-corrected chi connectivity index (χ4v) is 4.09. The van der Waals surface area contributed by atoms with Crippen LogP contribution in [0.5, 0.6) is 0 Å². The number of primary amides is 1. The largest absolute Gasteiger partial charge is 0.464 e. The van der Waals surface area contributed by atoms with Gasteiger partial charge >= 0.3 is 0 Å². The molecule has 0 saturated carbocycles. The van der Waals surface area contributed by atoms with Gasteiger partial charge in [-0.15, -0.1) is 0 Å². The lowest BCUT2D eigenvalue weighted by Gasteiger charge is -2.30. The van der Waals surface area contributed by atoms with Crippen molar-refractivity contribution in [1.29, 1.82) is 0 Å². The number of nitrogens with one attached hydrogen (secondary N) is 1. The van der Waals surface area contributed by atoms with E-state index in [0.717, 1.165) is 22.7 Å². The molecule has 0 unspecified atom stereocenters. The van der Waals surface area contributed by atoms with Crippen LogP contribution in [0.25, 0.3) is 0 Å². The molecule has 0 fully saturated rings. The van der Waals surface area contributed by atoms with Crippen molar-refractivity contribution < 1.29 is 23.5 Å². The van der Waals surface area contributed by atoms with Gasteiger partial charge in [0.2, 0.25) is 0 Å². The fourth-order valence-electron chi connectivity index (χ4n) is 3.34. The Labute approximate surface area is 201 Å². The Morgan fingerprint density at radius 1 is 1.18 bits per heavy atom. The van der Waals surface area contributed by atoms with E-state index in [-0.39, 0.29) is 35.2 Å². The lowest BCUT2D eigenvalue weighted by Crippen LogP contribution is -2.44. The van der Waals surface area contributed by atoms with Crippen LogP contribution < -0.4 is 21.7 Å². The number of nitrogen functional groups attached to an aromatic ring is 1. The number of methoxy groups -OCH3 is 1. The molecule has 0 bridgehead atoms. The Hall–Kier alpha value is -3.70. The number of aromatic nitrogens is 1. The minimum absolute atomic E-state index is 0.00926. The van der Waals surface area contributed by atoms with Gasteiger partial charge in [-0.05, 0) is 67.7 Å². The Bertz CT molecular complexity index is 1220. The van der Waals surface area contributed by atoms with Crippen LogP contribution in [0.4, 0.5) is 11.4 Å². The summed E-state index contributed by atoms with van der Waals surface area (Å²) in [7, 11) is 1.52. The molecular weight excluding hydrogens is 458 g/mol. The second kappa shape index (κ2) is 10.5. The molecule has 1 atom stereocenters. The molecule has 2 aromatic heterocycles. The average molecular weight is 486 g/mol. The van der Waals surface area contributed by atoms with Crippen molar-refractivity contribution in [3.05, 3.63) is 63.6 Å². The number of anilines is 2. The Morgan fingerprint density at radius 3 is 2.47 bits per heavy atom. The zero-order valence-electron chi connectivity index (χ0n) is 19.4. The molecule has 10 nitrogen and oxygen atoms in total. The highest BCUT2D eigenvalue weighted by molar-refractivity contribution is 7.09. The van der Waals surface area contributed by atoms with Crippen molar-refractivity contribution >= 4 is 40.6 Å². The van der Waals surface area contributed by atoms with Crippen LogP contribution in [0.1, 0.15) is 48.8 Å². The summed E-state index contributed by atoms with van der Waals surface area (Å²) in [6.45, 7) is 6.10. The third-order valence-electron chi connectivity index (χ3n) is 5.29. The third-order valence-corrected chi connectivity index (χ3v) is 6.14. The van der Waals surface area contributed by atoms with Gasteiger partial charge in [-0.25, -0.2) is 0 Å². The number of hydrogen-bond donors (Lipinski definition) is 3. The van der Waals surface area contributed by atoms with Crippen molar-refractivity contribution in [3.8, 4) is 0 Å². The van der Waals surface area contributed by atoms with E-state index in [4.69, 9.17) is 20.6 Å². The highest BCUT2D eigenvalue weighted by atomic mass is 32.1. The highest BCUT2D eigenvalue weighted by Crippen LogP contribution is 2.34. The maximum absolute atomic E-state index is 13.9. The fraction of sp³-hybridized carbons (Fsp3) is 0.304. The van der Waals surface area contributed by atoms with E-state index < -0.39 is 23.8 Å². The number of hydrogen-bond acceptors (Lipinski definition) is 8. The van der Waals surface area contributed by atoms with Crippen LogP contribution >= 0.6 is 11.5 Å². The Morgan fingerprint density at radius 2 is 1.91 bits per heavy atom. The molecule has 0 aliphatic rings. The molecule has 3 rings (SSSR count). The third kappa shape index (κ3) is 5.10. The first-order valence-corrected chi connectivity index (χ1v) is 11.2. The lowest BCUT2D eigenvalue weighted by atomic mass is 10.1. The van der Waals surface area contributed by atoms with E-state index in [9.17, 15) is 14.4 Å². The molecule has 34 heavy (non-hydrogen) atoms. The highest BCUT2D eigenvalue weighted by Gasteiger charge is 2.37. The van der Waals surface area contributed by atoms with Crippen LogP contribution in [0.3, 0.4) is 0 Å². The zero-order valence-corrected chi connectivity index (χ0v) is 20.2. The first kappa shape index (κ1) is 24.9. The summed E-state index contributed by atoms with van der Waals surface area (Å²) < 4.78 is 14.8. The first-order valence-electron chi connectivity index (χ1n) is 10.4. The quantitative estimate of drug-likeness (QED) is 0.393. The van der Waals surface area contributed by atoms with Gasteiger partial charge in [-0.1, -0.05) is 6.07 Å². The molecule has 0 aliphatic carbocycles. The number of rotatable bonds is 9. The average Bonchev–Trinajstić information content (AvgIpc) is 3.39. The van der Waals surface area contributed by atoms with Gasteiger partial charge in [0, 0.05) is 19.3 Å². The molecule has 180 valence electrons. The number of furan rings is 1. The molecule has 0 spiro atoms. The summed E-state index contributed by atoms with van der Waals surface area (Å²) in [6, 6.07) is 7.56. The number of aryl methyl sites for hydroxylation is 3. The van der Waals surface area contributed by atoms with Crippen LogP contribution in [0.2, 0.25) is 0 Å². The number of ether oxygens (including phenoxy) is 1. The zero-order chi connectivity index (χ0) is 25.0. The predicted octanol–water partition coefficient (Wildman–Crippen LogP) is 2.49. The molecule has 0 radical (unpaired) electrons. The summed E-state index contributed by atoms with van der Waals surface area (Å²) in [5, 5.41) is 2.78. The minimum Gasteiger partial charge on any atom is -0.464 e. The normalized spacial score (nSPS) is 11.8. The van der Waals surface area contributed by atoms with Crippen LogP contribution in [0.15, 0.2) is 34.7 Å². The van der Waals surface area contributed by atoms with Crippen molar-refractivity contribution in [2.45, 2.75) is 26.8 Å². The number of amides is 3. The summed E-state index contributed by atoms with van der Waals surface area (Å²) >= 11 is 0.745. The topological polar surface area (TPSA) is 154 Å². The van der Waals surface area contributed by atoms with Crippen molar-refractivity contribution in [3.63, 3.8) is 0 Å². The van der Waals surface area contributed by atoms with Crippen molar-refractivity contribution in [1.82, 2.24) is 9.69 Å². The standard InChI is InChI=1S/C23H27N5O5S/c1-12-5-7-15(11-13(12)2)28(23(31)20-17(24)18(21(25)29)27-34-20)19(16-8-6-14(3)33-16)22(30)26-9-10-32-4/h5-8,11,19H,9-10,24H2,1-4H3,(H2,25,29)(H,26,30)/t19-/m0/s1. The van der Waals surface area contributed by atoms with E-state index in [1.165, 1.54) is 12.0 Å². The van der Waals surface area contributed by atoms with Gasteiger partial charge in [-0.3, -0.25) is 19.3 Å². The number of carbonyl (C=O) groups is 3. The molecule has 2 heterocycles. The second-order valence-corrected chi connectivity index (χ2v) is 8.49. The van der Waals surface area contributed by atoms with Crippen molar-refractivity contribution in [2.24, 2.45) is 5.73 Å². The van der Waals surface area contributed by atoms with Crippen molar-refractivity contribution in [2.75, 3.05) is 30.9 Å². The SMILES string of the molecule is COCCNC(=O)[C@H](c1ccc(C)o1)N(C(=O)c1snc(C(N)=O)c1N)c1ccc(C)c(C)c1. The van der Waals surface area contributed by atoms with Gasteiger partial charge in [0.15, 0.2) is 11.7 Å². The van der Waals surface area contributed by atoms with Crippen LogP contribution in [-0.4, -0.2) is 42.4 Å². The first-order chi connectivity index (χ1) is 16.1. The number of nitrogens with zero attached hydrogens (tertiary/aromatic N) is 2. The van der Waals surface area contributed by atoms with Gasteiger partial charge in [0.25, 0.3) is 17.7 Å². The number of benzene rings is 1. The van der Waals surface area contributed by atoms with Crippen LogP contribution in [-0.2, 0) is 9.53 Å². The number of carbonyl (C=O) groups excluding carboxylic acids is 3. The van der Waals surface area contributed by atoms with Gasteiger partial charge in [0.05, 0.1) is 12.3 Å². The molecule has 11 heteroatoms. The Balaban J connectivity index is 2.18. The summed E-state index contributed by atoms with van der Waals surface area (Å²) in [5.74, 6) is -1.10. The van der Waals surface area contributed by atoms with Crippen LogP contribution in [0, 0.1) is 20.8 Å².